The molecule has 0 radical (unpaired) electrons. The number of benzene rings is 1. The van der Waals surface area contributed by atoms with E-state index in [2.05, 4.69) is 16.0 Å². The number of aliphatic imine (C=N–C) groups is 1. The molecule has 0 unspecified atom stereocenters. The van der Waals surface area contributed by atoms with Gasteiger partial charge < -0.3 is 4.90 Å². The molecule has 1 aromatic rings. The highest BCUT2D eigenvalue weighted by atomic mass is 16.1. The first-order valence-corrected chi connectivity index (χ1v) is 5.28. The molecule has 2 rings (SSSR count). The normalized spacial score (nSPS) is 15.1. The molecule has 0 bridgehead atoms. The van der Waals surface area contributed by atoms with E-state index in [-0.39, 0.29) is 0 Å². The van der Waals surface area contributed by atoms with Gasteiger partial charge in [0.2, 0.25) is 6.08 Å². The lowest BCUT2D eigenvalue weighted by molar-refractivity contribution is 0.563. The largest absolute Gasteiger partial charge is 0.371 e. The van der Waals surface area contributed by atoms with Crippen LogP contribution in [-0.2, 0) is 11.3 Å². The first kappa shape index (κ1) is 9.94. The Bertz CT molecular complexity index is 377. The zero-order valence-corrected chi connectivity index (χ0v) is 8.65. The molecule has 15 heavy (non-hydrogen) atoms. The van der Waals surface area contributed by atoms with Gasteiger partial charge in [-0.15, -0.1) is 0 Å². The van der Waals surface area contributed by atoms with Crippen molar-refractivity contribution >= 4 is 11.8 Å². The van der Waals surface area contributed by atoms with E-state index in [1.165, 1.54) is 18.5 Å². The van der Waals surface area contributed by atoms with Gasteiger partial charge in [0.1, 0.15) is 0 Å². The molecule has 0 N–H and O–H groups in total. The summed E-state index contributed by atoms with van der Waals surface area (Å²) in [4.78, 5) is 16.1. The van der Waals surface area contributed by atoms with Gasteiger partial charge in [-0.05, 0) is 24.5 Å². The van der Waals surface area contributed by atoms with Crippen LogP contribution >= 0.6 is 0 Å². The van der Waals surface area contributed by atoms with Gasteiger partial charge in [-0.2, -0.15) is 0 Å². The van der Waals surface area contributed by atoms with E-state index in [0.29, 0.717) is 6.54 Å². The Labute approximate surface area is 89.4 Å². The summed E-state index contributed by atoms with van der Waals surface area (Å²) < 4.78 is 0. The Hall–Kier alpha value is -1.60. The van der Waals surface area contributed by atoms with Crippen molar-refractivity contribution < 1.29 is 4.79 Å². The molecule has 0 spiro atoms. The topological polar surface area (TPSA) is 32.7 Å². The number of hydrogen-bond donors (Lipinski definition) is 0. The van der Waals surface area contributed by atoms with Crippen LogP contribution in [0.15, 0.2) is 29.3 Å². The molecule has 0 amide bonds. The average molecular weight is 202 g/mol. The lowest BCUT2D eigenvalue weighted by Crippen LogP contribution is -2.18. The third kappa shape index (κ3) is 2.25. The number of nitrogens with zero attached hydrogens (tertiary/aromatic N) is 2. The highest BCUT2D eigenvalue weighted by Crippen LogP contribution is 2.24. The number of isocyanates is 1. The first-order chi connectivity index (χ1) is 7.42. The second kappa shape index (κ2) is 4.76. The van der Waals surface area contributed by atoms with Crippen molar-refractivity contribution in [2.75, 3.05) is 18.0 Å². The van der Waals surface area contributed by atoms with Crippen LogP contribution in [0.4, 0.5) is 5.69 Å². The van der Waals surface area contributed by atoms with E-state index in [0.717, 1.165) is 18.7 Å². The van der Waals surface area contributed by atoms with Crippen LogP contribution in [0, 0.1) is 0 Å². The van der Waals surface area contributed by atoms with Crippen LogP contribution in [0.3, 0.4) is 0 Å². The molecule has 1 aromatic carbocycles. The maximum atomic E-state index is 10.1. The maximum absolute atomic E-state index is 10.1. The minimum Gasteiger partial charge on any atom is -0.371 e. The Morgan fingerprint density at radius 1 is 1.27 bits per heavy atom. The van der Waals surface area contributed by atoms with Gasteiger partial charge >= 0.3 is 0 Å². The summed E-state index contributed by atoms with van der Waals surface area (Å²) in [6.07, 6.45) is 4.10. The van der Waals surface area contributed by atoms with Crippen molar-refractivity contribution in [1.29, 1.82) is 0 Å². The lowest BCUT2D eigenvalue weighted by Gasteiger charge is -2.20. The fourth-order valence-corrected chi connectivity index (χ4v) is 2.03. The fourth-order valence-electron chi connectivity index (χ4n) is 2.03. The van der Waals surface area contributed by atoms with Gasteiger partial charge in [-0.3, -0.25) is 0 Å². The fraction of sp³-hybridized carbons (Fsp3) is 0.417. The second-order valence-electron chi connectivity index (χ2n) is 3.73. The summed E-state index contributed by atoms with van der Waals surface area (Å²) in [5, 5.41) is 0. The molecule has 0 aliphatic carbocycles. The van der Waals surface area contributed by atoms with Crippen molar-refractivity contribution in [2.24, 2.45) is 4.99 Å². The maximum Gasteiger partial charge on any atom is 0.235 e. The van der Waals surface area contributed by atoms with Crippen molar-refractivity contribution in [3.63, 3.8) is 0 Å². The molecule has 1 heterocycles. The average Bonchev–Trinajstić information content (AvgIpc) is 2.80. The Morgan fingerprint density at radius 3 is 2.73 bits per heavy atom. The van der Waals surface area contributed by atoms with Gasteiger partial charge in [0, 0.05) is 18.8 Å². The van der Waals surface area contributed by atoms with Crippen LogP contribution < -0.4 is 4.90 Å². The smallest absolute Gasteiger partial charge is 0.235 e. The monoisotopic (exact) mass is 202 g/mol. The predicted octanol–water partition coefficient (Wildman–Crippen LogP) is 2.12. The van der Waals surface area contributed by atoms with Gasteiger partial charge in [0.25, 0.3) is 0 Å². The first-order valence-electron chi connectivity index (χ1n) is 5.28. The van der Waals surface area contributed by atoms with Crippen molar-refractivity contribution in [2.45, 2.75) is 19.4 Å². The summed E-state index contributed by atoms with van der Waals surface area (Å²) in [6.45, 7) is 2.67. The second-order valence-corrected chi connectivity index (χ2v) is 3.73. The van der Waals surface area contributed by atoms with Gasteiger partial charge in [0.05, 0.1) is 6.54 Å². The molecule has 3 heteroatoms. The molecule has 1 saturated heterocycles. The third-order valence-electron chi connectivity index (χ3n) is 2.75. The number of para-hydroxylation sites is 1. The van der Waals surface area contributed by atoms with Crippen LogP contribution in [0.1, 0.15) is 18.4 Å². The zero-order valence-electron chi connectivity index (χ0n) is 8.65. The molecular formula is C12H14N2O. The summed E-state index contributed by atoms with van der Waals surface area (Å²) in [6, 6.07) is 8.13. The minimum absolute atomic E-state index is 0.441. The van der Waals surface area contributed by atoms with Gasteiger partial charge in [-0.1, -0.05) is 18.2 Å². The van der Waals surface area contributed by atoms with Crippen LogP contribution in [0.25, 0.3) is 0 Å². The molecular weight excluding hydrogens is 188 g/mol. The van der Waals surface area contributed by atoms with Crippen molar-refractivity contribution in [3.8, 4) is 0 Å². The van der Waals surface area contributed by atoms with E-state index < -0.39 is 0 Å². The Balaban J connectivity index is 2.23. The van der Waals surface area contributed by atoms with Crippen molar-refractivity contribution in [1.82, 2.24) is 0 Å². The lowest BCUT2D eigenvalue weighted by atomic mass is 10.1. The highest BCUT2D eigenvalue weighted by molar-refractivity contribution is 5.54. The zero-order chi connectivity index (χ0) is 10.5. The number of anilines is 1. The molecule has 0 aromatic heterocycles. The summed E-state index contributed by atoms with van der Waals surface area (Å²) >= 11 is 0. The van der Waals surface area contributed by atoms with Gasteiger partial charge in [0.15, 0.2) is 0 Å². The van der Waals surface area contributed by atoms with E-state index in [1.54, 1.807) is 6.08 Å². The summed E-state index contributed by atoms with van der Waals surface area (Å²) in [5.41, 5.74) is 2.33. The predicted molar refractivity (Wildman–Crippen MR) is 59.7 cm³/mol. The van der Waals surface area contributed by atoms with E-state index >= 15 is 0 Å². The molecule has 78 valence electrons. The van der Waals surface area contributed by atoms with E-state index in [4.69, 9.17) is 0 Å². The molecule has 1 fully saturated rings. The van der Waals surface area contributed by atoms with Crippen molar-refractivity contribution in [3.05, 3.63) is 29.8 Å². The number of hydrogen-bond acceptors (Lipinski definition) is 3. The number of carbonyl (C=O) groups excluding carboxylic acids is 1. The standard InChI is InChI=1S/C12H14N2O/c15-10-13-9-11-5-1-2-6-12(11)14-7-3-4-8-14/h1-2,5-6H,3-4,7-9H2. The highest BCUT2D eigenvalue weighted by Gasteiger charge is 2.14. The SMILES string of the molecule is O=C=NCc1ccccc1N1CCCC1. The summed E-state index contributed by atoms with van der Waals surface area (Å²) in [5.74, 6) is 0. The van der Waals surface area contributed by atoms with Crippen LogP contribution in [-0.4, -0.2) is 19.2 Å². The Kier molecular flexibility index (Phi) is 3.15. The third-order valence-corrected chi connectivity index (χ3v) is 2.75. The molecule has 3 nitrogen and oxygen atoms in total. The quantitative estimate of drug-likeness (QED) is 0.555. The van der Waals surface area contributed by atoms with E-state index in [9.17, 15) is 4.79 Å². The molecule has 0 saturated carbocycles. The van der Waals surface area contributed by atoms with Crippen LogP contribution in [0.2, 0.25) is 0 Å². The summed E-state index contributed by atoms with van der Waals surface area (Å²) in [7, 11) is 0. The molecule has 1 aliphatic rings. The minimum atomic E-state index is 0.441. The van der Waals surface area contributed by atoms with E-state index in [1.807, 2.05) is 18.2 Å². The molecule has 1 aliphatic heterocycles. The molecule has 0 atom stereocenters. The van der Waals surface area contributed by atoms with Crippen LogP contribution in [0.5, 0.6) is 0 Å². The Morgan fingerprint density at radius 2 is 2.00 bits per heavy atom. The van der Waals surface area contributed by atoms with Gasteiger partial charge in [-0.25, -0.2) is 9.79 Å². The number of rotatable bonds is 3.